The number of unbranched alkanes of at least 4 members (excludes halogenated alkanes) is 18. The smallest absolute Gasteiger partial charge is 0.163 e. The van der Waals surface area contributed by atoms with Gasteiger partial charge in [-0.25, -0.2) is 0 Å². The lowest BCUT2D eigenvalue weighted by Gasteiger charge is -2.27. The third-order valence-corrected chi connectivity index (χ3v) is 12.0. The number of phenols is 2. The summed E-state index contributed by atoms with van der Waals surface area (Å²) < 4.78 is 13.1. The third-order valence-electron chi connectivity index (χ3n) is 12.0. The zero-order chi connectivity index (χ0) is 44.8. The van der Waals surface area contributed by atoms with Crippen molar-refractivity contribution in [3.8, 4) is 23.0 Å². The fraction of sp³-hybridized carbons (Fsp3) is 0.571. The molecule has 0 aliphatic carbocycles. The first-order chi connectivity index (χ1) is 29.8. The Morgan fingerprint density at radius 2 is 0.984 bits per heavy atom. The SMILES string of the molecule is CCCCCCCCCCCCOc1cc(N=Cc2cc(C(C)(C)C)cc(C(C)(C)C)c2O)c(N=Cc2c(O)ccc3ccccc23)cc1OCCCCCCCCCCCC. The molecule has 0 spiro atoms. The van der Waals surface area contributed by atoms with Crippen molar-refractivity contribution in [2.24, 2.45) is 9.98 Å². The van der Waals surface area contributed by atoms with E-state index in [-0.39, 0.29) is 22.3 Å². The summed E-state index contributed by atoms with van der Waals surface area (Å²) in [6.45, 7) is 18.7. The summed E-state index contributed by atoms with van der Waals surface area (Å²) >= 11 is 0. The van der Waals surface area contributed by atoms with Gasteiger partial charge >= 0.3 is 0 Å². The molecule has 0 aliphatic rings. The Hall–Kier alpha value is -4.32. The molecule has 4 aromatic carbocycles. The Morgan fingerprint density at radius 3 is 1.47 bits per heavy atom. The van der Waals surface area contributed by atoms with Gasteiger partial charge in [0, 0.05) is 41.3 Å². The van der Waals surface area contributed by atoms with Crippen molar-refractivity contribution >= 4 is 34.6 Å². The van der Waals surface area contributed by atoms with Crippen LogP contribution < -0.4 is 9.47 Å². The first-order valence-corrected chi connectivity index (χ1v) is 24.4. The predicted molar refractivity (Wildman–Crippen MR) is 267 cm³/mol. The summed E-state index contributed by atoms with van der Waals surface area (Å²) in [5.41, 5.74) is 4.07. The maximum atomic E-state index is 11.7. The lowest BCUT2D eigenvalue weighted by Crippen LogP contribution is -2.17. The number of hydrogen-bond donors (Lipinski definition) is 2. The van der Waals surface area contributed by atoms with Gasteiger partial charge in [0.1, 0.15) is 11.5 Å². The normalized spacial score (nSPS) is 12.3. The molecule has 0 heterocycles. The minimum absolute atomic E-state index is 0.130. The van der Waals surface area contributed by atoms with Crippen molar-refractivity contribution in [1.82, 2.24) is 0 Å². The van der Waals surface area contributed by atoms with Crippen LogP contribution in [0.15, 0.2) is 70.6 Å². The third kappa shape index (κ3) is 16.8. The monoisotopic (exact) mass is 847 g/mol. The van der Waals surface area contributed by atoms with E-state index in [0.717, 1.165) is 47.6 Å². The molecule has 0 bridgehead atoms. The standard InChI is InChI=1S/C56H82N2O4/c1-9-11-13-15-17-19-21-23-25-29-35-61-52-39-49(57-41-44-37-45(55(3,4)5)38-48(54(44)60)56(6,7)8)50(58-42-47-46-32-28-27-31-43(46)33-34-51(47)59)40-53(52)62-36-30-26-24-22-20-18-16-14-12-10-2/h27-28,31-34,37-42,59-60H,9-26,29-30,35-36H2,1-8H3. The first-order valence-electron chi connectivity index (χ1n) is 24.4. The molecule has 0 radical (unpaired) electrons. The highest BCUT2D eigenvalue weighted by Gasteiger charge is 2.25. The summed E-state index contributed by atoms with van der Waals surface area (Å²) in [7, 11) is 0. The number of nitrogens with zero attached hydrogens (tertiary/aromatic N) is 2. The topological polar surface area (TPSA) is 83.6 Å². The van der Waals surface area contributed by atoms with Crippen molar-refractivity contribution < 1.29 is 19.7 Å². The Kier molecular flexibility index (Phi) is 21.4. The number of aromatic hydroxyl groups is 2. The molecule has 0 unspecified atom stereocenters. The Morgan fingerprint density at radius 1 is 0.516 bits per heavy atom. The van der Waals surface area contributed by atoms with Crippen LogP contribution in [0.5, 0.6) is 23.0 Å². The first kappa shape index (κ1) is 50.3. The van der Waals surface area contributed by atoms with Crippen LogP contribution >= 0.6 is 0 Å². The second-order valence-corrected chi connectivity index (χ2v) is 19.5. The second-order valence-electron chi connectivity index (χ2n) is 19.5. The summed E-state index contributed by atoms with van der Waals surface area (Å²) in [4.78, 5) is 10.1. The van der Waals surface area contributed by atoms with Gasteiger partial charge < -0.3 is 19.7 Å². The van der Waals surface area contributed by atoms with E-state index >= 15 is 0 Å². The minimum atomic E-state index is -0.271. The van der Waals surface area contributed by atoms with Gasteiger partial charge in [-0.2, -0.15) is 0 Å². The van der Waals surface area contributed by atoms with Gasteiger partial charge in [-0.1, -0.05) is 207 Å². The summed E-state index contributed by atoms with van der Waals surface area (Å²) in [6, 6.07) is 19.7. The molecular formula is C56H82N2O4. The second kappa shape index (κ2) is 26.3. The highest BCUT2D eigenvalue weighted by molar-refractivity contribution is 6.03. The van der Waals surface area contributed by atoms with Gasteiger partial charge in [0.05, 0.1) is 24.6 Å². The van der Waals surface area contributed by atoms with E-state index in [1.54, 1.807) is 18.5 Å². The summed E-state index contributed by atoms with van der Waals surface area (Å²) in [5, 5.41) is 24.6. The quantitative estimate of drug-likeness (QED) is 0.0440. The van der Waals surface area contributed by atoms with Gasteiger partial charge in [-0.15, -0.1) is 0 Å². The molecule has 0 atom stereocenters. The van der Waals surface area contributed by atoms with Crippen molar-refractivity contribution in [2.75, 3.05) is 13.2 Å². The number of phenolic OH excluding ortho intramolecular Hbond substituents is 2. The largest absolute Gasteiger partial charge is 0.507 e. The zero-order valence-electron chi connectivity index (χ0n) is 40.1. The van der Waals surface area contributed by atoms with E-state index in [4.69, 9.17) is 19.5 Å². The fourth-order valence-electron chi connectivity index (χ4n) is 7.97. The van der Waals surface area contributed by atoms with Gasteiger partial charge in [0.15, 0.2) is 11.5 Å². The average molecular weight is 847 g/mol. The molecule has 0 aromatic heterocycles. The molecule has 62 heavy (non-hydrogen) atoms. The van der Waals surface area contributed by atoms with Crippen LogP contribution in [0, 0.1) is 0 Å². The maximum Gasteiger partial charge on any atom is 0.163 e. The fourth-order valence-corrected chi connectivity index (χ4v) is 7.97. The predicted octanol–water partition coefficient (Wildman–Crippen LogP) is 16.9. The molecule has 0 saturated heterocycles. The van der Waals surface area contributed by atoms with Crippen LogP contribution in [0.3, 0.4) is 0 Å². The van der Waals surface area contributed by atoms with Gasteiger partial charge in [0.25, 0.3) is 0 Å². The maximum absolute atomic E-state index is 11.7. The van der Waals surface area contributed by atoms with Gasteiger partial charge in [0.2, 0.25) is 0 Å². The highest BCUT2D eigenvalue weighted by Crippen LogP contribution is 2.42. The average Bonchev–Trinajstić information content (AvgIpc) is 3.23. The van der Waals surface area contributed by atoms with Crippen LogP contribution in [0.1, 0.15) is 206 Å². The van der Waals surface area contributed by atoms with E-state index in [1.165, 1.54) is 103 Å². The molecule has 6 nitrogen and oxygen atoms in total. The molecular weight excluding hydrogens is 765 g/mol. The lowest BCUT2D eigenvalue weighted by molar-refractivity contribution is 0.258. The van der Waals surface area contributed by atoms with Crippen LogP contribution in [0.2, 0.25) is 0 Å². The lowest BCUT2D eigenvalue weighted by atomic mass is 9.79. The van der Waals surface area contributed by atoms with Crippen LogP contribution in [0.25, 0.3) is 10.8 Å². The molecule has 0 fully saturated rings. The molecule has 2 N–H and O–H groups in total. The van der Waals surface area contributed by atoms with Crippen molar-refractivity contribution in [1.29, 1.82) is 0 Å². The Bertz CT molecular complexity index is 1980. The number of fused-ring (bicyclic) bond motifs is 1. The number of hydrogen-bond acceptors (Lipinski definition) is 6. The molecule has 0 aliphatic heterocycles. The van der Waals surface area contributed by atoms with E-state index < -0.39 is 0 Å². The molecule has 4 aromatic rings. The van der Waals surface area contributed by atoms with Crippen LogP contribution in [0.4, 0.5) is 11.4 Å². The van der Waals surface area contributed by atoms with Crippen molar-refractivity contribution in [3.05, 3.63) is 82.9 Å². The number of rotatable bonds is 28. The molecule has 0 amide bonds. The Balaban J connectivity index is 1.65. The zero-order valence-corrected chi connectivity index (χ0v) is 40.1. The van der Waals surface area contributed by atoms with Crippen molar-refractivity contribution in [3.63, 3.8) is 0 Å². The summed E-state index contributed by atoms with van der Waals surface area (Å²) in [6.07, 6.45) is 28.7. The molecule has 6 heteroatoms. The van der Waals surface area contributed by atoms with Crippen molar-refractivity contribution in [2.45, 2.75) is 195 Å². The number of benzene rings is 4. The minimum Gasteiger partial charge on any atom is -0.507 e. The van der Waals surface area contributed by atoms with E-state index in [0.29, 0.717) is 47.2 Å². The van der Waals surface area contributed by atoms with Gasteiger partial charge in [-0.05, 0) is 52.1 Å². The molecule has 4 rings (SSSR count). The number of aliphatic imine (C=N–C) groups is 2. The number of ether oxygens (including phenoxy) is 2. The Labute approximate surface area is 376 Å². The molecule has 0 saturated carbocycles. The van der Waals surface area contributed by atoms with E-state index in [2.05, 4.69) is 61.5 Å². The summed E-state index contributed by atoms with van der Waals surface area (Å²) in [5.74, 6) is 1.68. The van der Waals surface area contributed by atoms with Crippen LogP contribution in [-0.4, -0.2) is 35.9 Å². The highest BCUT2D eigenvalue weighted by atomic mass is 16.5. The van der Waals surface area contributed by atoms with E-state index in [9.17, 15) is 10.2 Å². The van der Waals surface area contributed by atoms with Gasteiger partial charge in [-0.3, -0.25) is 9.98 Å². The van der Waals surface area contributed by atoms with E-state index in [1.807, 2.05) is 48.5 Å². The van der Waals surface area contributed by atoms with Crippen LogP contribution in [-0.2, 0) is 10.8 Å². The molecule has 340 valence electrons.